The summed E-state index contributed by atoms with van der Waals surface area (Å²) in [5, 5.41) is 4.47. The molecule has 2 aliphatic rings. The van der Waals surface area contributed by atoms with Gasteiger partial charge in [-0.05, 0) is 42.0 Å². The minimum Gasteiger partial charge on any atom is -0.326 e. The zero-order valence-electron chi connectivity index (χ0n) is 18.0. The van der Waals surface area contributed by atoms with Gasteiger partial charge in [0.25, 0.3) is 0 Å². The number of para-hydroxylation sites is 1. The van der Waals surface area contributed by atoms with Crippen molar-refractivity contribution in [1.29, 1.82) is 0 Å². The van der Waals surface area contributed by atoms with Crippen LogP contribution in [0.3, 0.4) is 0 Å². The second-order valence-electron chi connectivity index (χ2n) is 8.55. The van der Waals surface area contributed by atoms with E-state index in [9.17, 15) is 14.0 Å². The van der Waals surface area contributed by atoms with Gasteiger partial charge in [-0.15, -0.1) is 0 Å². The lowest BCUT2D eigenvalue weighted by atomic mass is 9.83. The summed E-state index contributed by atoms with van der Waals surface area (Å²) in [5.74, 6) is -1.41. The summed E-state index contributed by atoms with van der Waals surface area (Å²) in [7, 11) is 0. The van der Waals surface area contributed by atoms with Crippen LogP contribution in [-0.4, -0.2) is 35.8 Å². The first-order valence-electron chi connectivity index (χ1n) is 11.1. The van der Waals surface area contributed by atoms with E-state index in [0.717, 1.165) is 11.3 Å². The van der Waals surface area contributed by atoms with E-state index in [-0.39, 0.29) is 29.6 Å². The lowest BCUT2D eigenvalue weighted by Crippen LogP contribution is -2.55. The number of likely N-dealkylation sites (tertiary alicyclic amines) is 1. The van der Waals surface area contributed by atoms with Crippen LogP contribution in [0, 0.1) is 17.7 Å². The molecule has 5 rings (SSSR count). The highest BCUT2D eigenvalue weighted by molar-refractivity contribution is 6.00. The normalized spacial score (nSPS) is 22.8. The fraction of sp³-hybridized carbons (Fsp3) is 0.231. The largest absolute Gasteiger partial charge is 0.326 e. The molecule has 2 amide bonds. The minimum atomic E-state index is -0.463. The van der Waals surface area contributed by atoms with Crippen LogP contribution in [0.2, 0.25) is 0 Å². The van der Waals surface area contributed by atoms with Crippen molar-refractivity contribution < 1.29 is 14.0 Å². The van der Waals surface area contributed by atoms with E-state index < -0.39 is 5.92 Å². The van der Waals surface area contributed by atoms with Gasteiger partial charge >= 0.3 is 0 Å². The topological polar surface area (TPSA) is 64.7 Å². The van der Waals surface area contributed by atoms with Crippen molar-refractivity contribution in [1.82, 2.24) is 10.3 Å². The number of amides is 2. The molecule has 0 aromatic heterocycles. The molecule has 0 aliphatic carbocycles. The molecule has 3 atom stereocenters. The fourth-order valence-electron chi connectivity index (χ4n) is 4.69. The fourth-order valence-corrected chi connectivity index (χ4v) is 4.69. The van der Waals surface area contributed by atoms with Gasteiger partial charge in [0, 0.05) is 25.3 Å². The Morgan fingerprint density at radius 3 is 2.30 bits per heavy atom. The lowest BCUT2D eigenvalue weighted by Gasteiger charge is -2.38. The Bertz CT molecular complexity index is 1120. The van der Waals surface area contributed by atoms with Crippen LogP contribution in [0.1, 0.15) is 5.56 Å². The molecular formula is C26H25FN4O2. The third-order valence-electron chi connectivity index (χ3n) is 6.30. The molecular weight excluding hydrogens is 419 g/mol. The molecule has 2 heterocycles. The maximum absolute atomic E-state index is 13.4. The number of piperidine rings is 1. The van der Waals surface area contributed by atoms with Crippen LogP contribution in [0.25, 0.3) is 0 Å². The molecule has 0 saturated carbocycles. The molecule has 2 saturated heterocycles. The molecule has 6 nitrogen and oxygen atoms in total. The highest BCUT2D eigenvalue weighted by atomic mass is 19.1. The molecule has 0 radical (unpaired) electrons. The van der Waals surface area contributed by atoms with Crippen molar-refractivity contribution in [2.45, 2.75) is 12.6 Å². The Kier molecular flexibility index (Phi) is 5.90. The number of hydrazine groups is 1. The van der Waals surface area contributed by atoms with Crippen molar-refractivity contribution in [3.05, 3.63) is 96.3 Å². The number of hydrogen-bond acceptors (Lipinski definition) is 4. The second-order valence-corrected chi connectivity index (χ2v) is 8.55. The van der Waals surface area contributed by atoms with Crippen molar-refractivity contribution >= 4 is 23.2 Å². The number of nitrogens with one attached hydrogen (secondary N) is 2. The zero-order valence-corrected chi connectivity index (χ0v) is 18.0. The van der Waals surface area contributed by atoms with Crippen molar-refractivity contribution in [3.63, 3.8) is 0 Å². The standard InChI is InChI=1S/C26H25FN4O2/c27-19-11-13-20(14-12-19)28-25(32)22-16-30(15-18-7-3-1-4-8-18)17-23-24(22)29-31(26(23)33)21-9-5-2-6-10-21/h1-14,22-24,29H,15-17H2,(H,28,32). The highest BCUT2D eigenvalue weighted by Gasteiger charge is 2.50. The Morgan fingerprint density at radius 2 is 1.61 bits per heavy atom. The van der Waals surface area contributed by atoms with Crippen LogP contribution >= 0.6 is 0 Å². The predicted molar refractivity (Wildman–Crippen MR) is 125 cm³/mol. The summed E-state index contributed by atoms with van der Waals surface area (Å²) in [6.07, 6.45) is 0. The number of hydrogen-bond donors (Lipinski definition) is 2. The zero-order chi connectivity index (χ0) is 22.8. The maximum atomic E-state index is 13.4. The number of fused-ring (bicyclic) bond motifs is 1. The SMILES string of the molecule is O=C(Nc1ccc(F)cc1)C1CN(Cc2ccccc2)CC2C(=O)N(c3ccccc3)NC12. The van der Waals surface area contributed by atoms with Gasteiger partial charge in [-0.1, -0.05) is 48.5 Å². The summed E-state index contributed by atoms with van der Waals surface area (Å²) in [6, 6.07) is 24.8. The van der Waals surface area contributed by atoms with Crippen molar-refractivity contribution in [2.75, 3.05) is 23.4 Å². The number of carbonyl (C=O) groups is 2. The Hall–Kier alpha value is -3.55. The number of anilines is 2. The third kappa shape index (κ3) is 4.51. The van der Waals surface area contributed by atoms with Gasteiger partial charge in [0.05, 0.1) is 23.6 Å². The number of halogens is 1. The van der Waals surface area contributed by atoms with Gasteiger partial charge in [0.15, 0.2) is 0 Å². The number of rotatable bonds is 5. The average molecular weight is 445 g/mol. The van der Waals surface area contributed by atoms with Gasteiger partial charge in [-0.25, -0.2) is 14.8 Å². The van der Waals surface area contributed by atoms with Gasteiger partial charge in [-0.3, -0.25) is 14.5 Å². The van der Waals surface area contributed by atoms with Gasteiger partial charge in [-0.2, -0.15) is 0 Å². The molecule has 2 aliphatic heterocycles. The highest BCUT2D eigenvalue weighted by Crippen LogP contribution is 2.33. The van der Waals surface area contributed by atoms with Crippen molar-refractivity contribution in [3.8, 4) is 0 Å². The van der Waals surface area contributed by atoms with E-state index in [1.54, 1.807) is 17.1 Å². The molecule has 2 fully saturated rings. The van der Waals surface area contributed by atoms with E-state index in [1.807, 2.05) is 60.7 Å². The summed E-state index contributed by atoms with van der Waals surface area (Å²) in [5.41, 5.74) is 5.72. The van der Waals surface area contributed by atoms with E-state index in [1.165, 1.54) is 12.1 Å². The number of benzene rings is 3. The molecule has 0 spiro atoms. The molecule has 3 aromatic carbocycles. The Morgan fingerprint density at radius 1 is 0.939 bits per heavy atom. The molecule has 7 heteroatoms. The quantitative estimate of drug-likeness (QED) is 0.633. The summed E-state index contributed by atoms with van der Waals surface area (Å²) >= 11 is 0. The predicted octanol–water partition coefficient (Wildman–Crippen LogP) is 3.43. The Labute approximate surface area is 192 Å². The first-order chi connectivity index (χ1) is 16.1. The van der Waals surface area contributed by atoms with Crippen LogP contribution in [-0.2, 0) is 16.1 Å². The van der Waals surface area contributed by atoms with Crippen LogP contribution in [0.5, 0.6) is 0 Å². The van der Waals surface area contributed by atoms with E-state index in [0.29, 0.717) is 25.3 Å². The van der Waals surface area contributed by atoms with Crippen molar-refractivity contribution in [2.24, 2.45) is 11.8 Å². The maximum Gasteiger partial charge on any atom is 0.247 e. The minimum absolute atomic E-state index is 0.0384. The van der Waals surface area contributed by atoms with Crippen LogP contribution in [0.15, 0.2) is 84.9 Å². The lowest BCUT2D eigenvalue weighted by molar-refractivity contribution is -0.126. The van der Waals surface area contributed by atoms with Gasteiger partial charge < -0.3 is 5.32 Å². The summed E-state index contributed by atoms with van der Waals surface area (Å²) in [4.78, 5) is 28.9. The summed E-state index contributed by atoms with van der Waals surface area (Å²) < 4.78 is 13.3. The average Bonchev–Trinajstić information content (AvgIpc) is 3.17. The monoisotopic (exact) mass is 444 g/mol. The molecule has 3 unspecified atom stereocenters. The van der Waals surface area contributed by atoms with E-state index >= 15 is 0 Å². The van der Waals surface area contributed by atoms with Gasteiger partial charge in [0.2, 0.25) is 11.8 Å². The van der Waals surface area contributed by atoms with E-state index in [4.69, 9.17) is 0 Å². The second kappa shape index (κ2) is 9.13. The molecule has 0 bridgehead atoms. The summed E-state index contributed by atoms with van der Waals surface area (Å²) in [6.45, 7) is 1.73. The smallest absolute Gasteiger partial charge is 0.247 e. The molecule has 33 heavy (non-hydrogen) atoms. The molecule has 168 valence electrons. The third-order valence-corrected chi connectivity index (χ3v) is 6.30. The van der Waals surface area contributed by atoms with Crippen LogP contribution < -0.4 is 15.8 Å². The first-order valence-corrected chi connectivity index (χ1v) is 11.1. The van der Waals surface area contributed by atoms with Gasteiger partial charge in [0.1, 0.15) is 5.82 Å². The molecule has 3 aromatic rings. The molecule has 2 N–H and O–H groups in total. The van der Waals surface area contributed by atoms with E-state index in [2.05, 4.69) is 15.6 Å². The Balaban J connectivity index is 1.41. The first kappa shape index (κ1) is 21.3. The van der Waals surface area contributed by atoms with Crippen LogP contribution in [0.4, 0.5) is 15.8 Å². The number of nitrogens with zero attached hydrogens (tertiary/aromatic N) is 2. The number of carbonyl (C=O) groups excluding carboxylic acids is 2.